The molecule has 2 saturated carbocycles. The average Bonchev–Trinajstić information content (AvgIpc) is 3.73. The van der Waals surface area contributed by atoms with Crippen molar-refractivity contribution in [2.45, 2.75) is 144 Å². The first-order chi connectivity index (χ1) is 23.2. The van der Waals surface area contributed by atoms with Gasteiger partial charge in [-0.05, 0) is 114 Å². The number of allylic oxidation sites excluding steroid dienone is 1. The Morgan fingerprint density at radius 1 is 0.824 bits per heavy atom. The van der Waals surface area contributed by atoms with Crippen LogP contribution in [-0.2, 0) is 46.9 Å². The molecule has 2 unspecified atom stereocenters. The minimum absolute atomic E-state index is 0. The van der Waals surface area contributed by atoms with E-state index < -0.39 is 30.9 Å². The molecule has 0 aromatic rings. The predicted molar refractivity (Wildman–Crippen MR) is 191 cm³/mol. The van der Waals surface area contributed by atoms with Crippen LogP contribution in [0.3, 0.4) is 0 Å². The van der Waals surface area contributed by atoms with Gasteiger partial charge in [0.2, 0.25) is 0 Å². The number of ketones is 2. The predicted octanol–water partition coefficient (Wildman–Crippen LogP) is 3.94. The summed E-state index contributed by atoms with van der Waals surface area (Å²) in [5.74, 6) is -0.276. The van der Waals surface area contributed by atoms with Gasteiger partial charge in [0, 0.05) is 38.1 Å². The number of carbonyl (C=O) groups is 5. The van der Waals surface area contributed by atoms with Gasteiger partial charge in [-0.2, -0.15) is 0 Å². The van der Waals surface area contributed by atoms with Crippen LogP contribution in [0.4, 0.5) is 9.59 Å². The molecule has 292 valence electrons. The third-order valence-corrected chi connectivity index (χ3v) is 8.47. The van der Waals surface area contributed by atoms with Gasteiger partial charge in [-0.25, -0.2) is 9.59 Å². The molecule has 3 aliphatic rings. The molecule has 0 radical (unpaired) electrons. The number of Topliss-reactive ketones (excluding diaryl/α,β-unsaturated/α-hetero) is 1. The van der Waals surface area contributed by atoms with Crippen molar-refractivity contribution in [2.24, 2.45) is 0 Å². The monoisotopic (exact) mass is 758 g/mol. The Hall–Kier alpha value is -1.80. The molecular weight excluding hydrogens is 694 g/mol. The zero-order chi connectivity index (χ0) is 38.4. The van der Waals surface area contributed by atoms with Crippen molar-refractivity contribution < 1.29 is 87.5 Å². The second-order valence-corrected chi connectivity index (χ2v) is 15.9. The van der Waals surface area contributed by atoms with Crippen LogP contribution in [0.1, 0.15) is 122 Å². The zero-order valence-electron chi connectivity index (χ0n) is 34.0. The molecule has 1 saturated heterocycles. The van der Waals surface area contributed by atoms with E-state index in [0.717, 1.165) is 44.5 Å². The third-order valence-electron chi connectivity index (χ3n) is 6.52. The fraction of sp³-hybridized carbons (Fsp3) is 0.800. The Kier molecular flexibility index (Phi) is 27.0. The van der Waals surface area contributed by atoms with Crippen LogP contribution in [-0.4, -0.2) is 92.2 Å². The van der Waals surface area contributed by atoms with Crippen molar-refractivity contribution in [3.8, 4) is 0 Å². The first-order valence-electron chi connectivity index (χ1n) is 17.5. The number of rotatable bonds is 10. The zero-order valence-corrected chi connectivity index (χ0v) is 35.9. The van der Waals surface area contributed by atoms with Crippen molar-refractivity contribution in [3.05, 3.63) is 11.6 Å². The van der Waals surface area contributed by atoms with Gasteiger partial charge in [0.1, 0.15) is 23.1 Å². The second kappa shape index (κ2) is 26.9. The molecule has 0 spiro atoms. The van der Waals surface area contributed by atoms with Crippen molar-refractivity contribution in [3.63, 3.8) is 0 Å². The van der Waals surface area contributed by atoms with Gasteiger partial charge in [-0.3, -0.25) is 18.9 Å². The number of alkyl carbamates (subject to hydrolysis) is 2. The molecule has 51 heavy (non-hydrogen) atoms. The quantitative estimate of drug-likeness (QED) is 0.108. The fourth-order valence-electron chi connectivity index (χ4n) is 4.70. The van der Waals surface area contributed by atoms with E-state index >= 15 is 0 Å². The van der Waals surface area contributed by atoms with Crippen LogP contribution in [0, 0.1) is 0 Å². The van der Waals surface area contributed by atoms with Crippen molar-refractivity contribution >= 4 is 37.3 Å². The SMILES string of the molecule is C1CCOC1.CC(=O)/C=C1\CCC(NC(=O)OC(C)(C)C)C1.CC(C)(C)OC(=O)NC1CCC(=O)C1.CCOC(=O)CP(=O)(OCC)OCC.[H-].[Na+]. The largest absolute Gasteiger partial charge is 1.00 e. The molecule has 3 fully saturated rings. The average molecular weight is 759 g/mol. The first kappa shape index (κ1) is 51.3. The molecule has 2 atom stereocenters. The van der Waals surface area contributed by atoms with Crippen molar-refractivity contribution in [1.29, 1.82) is 0 Å². The normalized spacial score (nSPS) is 19.1. The summed E-state index contributed by atoms with van der Waals surface area (Å²) in [5, 5.41) is 5.51. The smallest absolute Gasteiger partial charge is 1.00 e. The minimum atomic E-state index is -3.28. The van der Waals surface area contributed by atoms with Crippen LogP contribution < -0.4 is 40.2 Å². The second-order valence-electron chi connectivity index (χ2n) is 13.9. The van der Waals surface area contributed by atoms with Crippen molar-refractivity contribution in [2.75, 3.05) is 39.2 Å². The maximum absolute atomic E-state index is 11.8. The molecule has 1 aliphatic heterocycles. The Morgan fingerprint density at radius 2 is 1.29 bits per heavy atom. The maximum atomic E-state index is 11.8. The van der Waals surface area contributed by atoms with Gasteiger partial charge in [0.05, 0.1) is 19.8 Å². The number of hydrogen-bond acceptors (Lipinski definition) is 12. The molecule has 1 heterocycles. The van der Waals surface area contributed by atoms with Crippen LogP contribution in [0.15, 0.2) is 11.6 Å². The number of carbonyl (C=O) groups excluding carboxylic acids is 5. The van der Waals surface area contributed by atoms with E-state index in [9.17, 15) is 28.5 Å². The van der Waals surface area contributed by atoms with E-state index in [-0.39, 0.29) is 86.7 Å². The van der Waals surface area contributed by atoms with Gasteiger partial charge >= 0.3 is 55.3 Å². The van der Waals surface area contributed by atoms with Crippen LogP contribution >= 0.6 is 7.60 Å². The summed E-state index contributed by atoms with van der Waals surface area (Å²) >= 11 is 0. The topological polar surface area (TPSA) is 182 Å². The third kappa shape index (κ3) is 29.4. The summed E-state index contributed by atoms with van der Waals surface area (Å²) in [6, 6.07) is 0.0628. The van der Waals surface area contributed by atoms with E-state index in [1.165, 1.54) is 12.8 Å². The van der Waals surface area contributed by atoms with E-state index in [1.54, 1.807) is 33.8 Å². The van der Waals surface area contributed by atoms with E-state index in [2.05, 4.69) is 15.4 Å². The summed E-state index contributed by atoms with van der Waals surface area (Å²) in [5.41, 5.74) is 0.159. The molecule has 2 aliphatic carbocycles. The first-order valence-corrected chi connectivity index (χ1v) is 19.3. The molecule has 16 heteroatoms. The molecule has 0 aromatic carbocycles. The summed E-state index contributed by atoms with van der Waals surface area (Å²) in [6.07, 6.45) is 7.33. The molecule has 0 bridgehead atoms. The summed E-state index contributed by atoms with van der Waals surface area (Å²) in [7, 11) is -3.28. The summed E-state index contributed by atoms with van der Waals surface area (Å²) < 4.78 is 41.4. The number of hydrogen-bond donors (Lipinski definition) is 2. The molecule has 2 N–H and O–H groups in total. The van der Waals surface area contributed by atoms with Gasteiger partial charge < -0.3 is 40.1 Å². The van der Waals surface area contributed by atoms with E-state index in [1.807, 2.05) is 41.5 Å². The van der Waals surface area contributed by atoms with Crippen molar-refractivity contribution in [1.82, 2.24) is 10.6 Å². The Morgan fingerprint density at radius 3 is 1.65 bits per heavy atom. The maximum Gasteiger partial charge on any atom is 1.00 e. The van der Waals surface area contributed by atoms with Crippen LogP contribution in [0.2, 0.25) is 0 Å². The Labute approximate surface area is 328 Å². The number of esters is 1. The Bertz CT molecular complexity index is 1140. The van der Waals surface area contributed by atoms with Gasteiger partial charge in [-0.15, -0.1) is 0 Å². The molecular formula is C35H64N2NaO12P. The standard InChI is InChI=1S/C13H21NO3.C10H17NO3.C8H17O5P.C4H8O.Na.H/c1-9(15)7-10-5-6-11(8-10)14-12(16)17-13(2,3)4;1-10(2,3)14-9(13)11-7-4-5-8(12)6-7;1-4-11-8(9)7-14(10,12-5-2)13-6-3;1-2-4-5-3-1;;/h7,11H,5-6,8H2,1-4H3,(H,14,16);7H,4-6H2,1-3H3,(H,11,13);4-7H2,1-3H3;1-4H2;;/q;;;;+1;-1/b10-7+;;;;;. The Balaban J connectivity index is -0.000000638. The van der Waals surface area contributed by atoms with Crippen LogP contribution in [0.5, 0.6) is 0 Å². The molecule has 0 aromatic heterocycles. The van der Waals surface area contributed by atoms with Crippen LogP contribution in [0.25, 0.3) is 0 Å². The van der Waals surface area contributed by atoms with Gasteiger partial charge in [0.25, 0.3) is 0 Å². The van der Waals surface area contributed by atoms with Gasteiger partial charge in [0.15, 0.2) is 5.78 Å². The number of nitrogens with one attached hydrogen (secondary N) is 2. The minimum Gasteiger partial charge on any atom is -1.00 e. The fourth-order valence-corrected chi connectivity index (χ4v) is 6.16. The molecule has 2 amide bonds. The molecule has 14 nitrogen and oxygen atoms in total. The number of amides is 2. The molecule has 3 rings (SSSR count). The van der Waals surface area contributed by atoms with E-state index in [0.29, 0.717) is 12.8 Å². The van der Waals surface area contributed by atoms with Gasteiger partial charge in [-0.1, -0.05) is 5.57 Å². The summed E-state index contributed by atoms with van der Waals surface area (Å²) in [6.45, 7) is 20.3. The summed E-state index contributed by atoms with van der Waals surface area (Å²) in [4.78, 5) is 55.7. The van der Waals surface area contributed by atoms with E-state index in [4.69, 9.17) is 23.3 Å². The number of ether oxygens (including phenoxy) is 4.